The van der Waals surface area contributed by atoms with Gasteiger partial charge in [-0.2, -0.15) is 4.98 Å². The molecule has 0 aliphatic rings. The number of nitrogens with one attached hydrogen (secondary N) is 1. The van der Waals surface area contributed by atoms with Gasteiger partial charge in [0.15, 0.2) is 0 Å². The van der Waals surface area contributed by atoms with Crippen LogP contribution in [0.2, 0.25) is 15.7 Å². The van der Waals surface area contributed by atoms with Crippen molar-refractivity contribution in [2.45, 2.75) is 13.3 Å². The Morgan fingerprint density at radius 3 is 2.05 bits per heavy atom. The molecule has 0 aliphatic carbocycles. The van der Waals surface area contributed by atoms with Gasteiger partial charge in [-0.25, -0.2) is 15.0 Å². The molecule has 5 nitrogen and oxygen atoms in total. The van der Waals surface area contributed by atoms with Crippen LogP contribution in [-0.4, -0.2) is 26.5 Å². The van der Waals surface area contributed by atoms with Crippen LogP contribution in [0.5, 0.6) is 0 Å². The summed E-state index contributed by atoms with van der Waals surface area (Å²) in [4.78, 5) is 15.3. The summed E-state index contributed by atoms with van der Waals surface area (Å²) in [5.74, 6) is 0.817. The zero-order valence-electron chi connectivity index (χ0n) is 11.2. The van der Waals surface area contributed by atoms with Crippen LogP contribution in [-0.2, 0) is 0 Å². The third-order valence-electron chi connectivity index (χ3n) is 1.93. The predicted molar refractivity (Wildman–Crippen MR) is 106 cm³/mol. The maximum absolute atomic E-state index is 5.63. The van der Waals surface area contributed by atoms with Gasteiger partial charge in [-0.1, -0.05) is 18.5 Å². The van der Waals surface area contributed by atoms with E-state index in [2.05, 4.69) is 54.8 Å². The van der Waals surface area contributed by atoms with E-state index in [-0.39, 0.29) is 15.3 Å². The van der Waals surface area contributed by atoms with Crippen LogP contribution in [0.25, 0.3) is 0 Å². The first-order valence-electron chi connectivity index (χ1n) is 5.69. The molecular weight excluding hydrogens is 581 g/mol. The van der Waals surface area contributed by atoms with Crippen molar-refractivity contribution in [2.24, 2.45) is 0 Å². The lowest BCUT2D eigenvalue weighted by atomic mass is 10.4. The van der Waals surface area contributed by atoms with E-state index < -0.39 is 0 Å². The summed E-state index contributed by atoms with van der Waals surface area (Å²) >= 11 is 20.8. The third kappa shape index (κ3) is 8.18. The van der Waals surface area contributed by atoms with Gasteiger partial charge >= 0.3 is 0 Å². The minimum atomic E-state index is 0. The molecule has 0 unspecified atom stereocenters. The molecule has 0 atom stereocenters. The van der Waals surface area contributed by atoms with Crippen molar-refractivity contribution in [1.29, 1.82) is 0 Å². The van der Waals surface area contributed by atoms with Gasteiger partial charge < -0.3 is 5.32 Å². The Kier molecular flexibility index (Phi) is 11.8. The molecule has 0 saturated carbocycles. The number of aromatic nitrogens is 4. The molecule has 11 heteroatoms. The van der Waals surface area contributed by atoms with Crippen LogP contribution in [0.15, 0.2) is 12.4 Å². The Morgan fingerprint density at radius 1 is 1.00 bits per heavy atom. The minimum absolute atomic E-state index is 0. The summed E-state index contributed by atoms with van der Waals surface area (Å²) in [6, 6.07) is 0. The molecule has 2 aromatic heterocycles. The van der Waals surface area contributed by atoms with Crippen molar-refractivity contribution in [1.82, 2.24) is 19.9 Å². The summed E-state index contributed by atoms with van der Waals surface area (Å²) in [5, 5.41) is 4.03. The van der Waals surface area contributed by atoms with Crippen LogP contribution >= 0.6 is 80.0 Å². The molecule has 0 amide bonds. The van der Waals surface area contributed by atoms with Crippen LogP contribution in [0.1, 0.15) is 13.3 Å². The fourth-order valence-corrected chi connectivity index (χ4v) is 2.19. The minimum Gasteiger partial charge on any atom is -0.369 e. The standard InChI is InChI=1S/C7H9ClIN3.C4HCl2IN2.FH/c1-2-3-10-6-5(9)4-11-7(8)12-6;5-3-2(7)1-8-4(6)9-3;/h4H,2-3H2,1H3,(H,10,11,12);1H;1H. The SMILES string of the molecule is CCCNc1nc(Cl)ncc1I.Clc1ncc(I)c(Cl)n1.F. The highest BCUT2D eigenvalue weighted by atomic mass is 127. The molecule has 0 fully saturated rings. The average Bonchev–Trinajstić information content (AvgIpc) is 2.45. The van der Waals surface area contributed by atoms with Crippen molar-refractivity contribution in [3.05, 3.63) is 35.3 Å². The predicted octanol–water partition coefficient (Wildman–Crippen LogP) is 5.10. The molecule has 0 radical (unpaired) electrons. The second-order valence-electron chi connectivity index (χ2n) is 3.54. The Balaban J connectivity index is 0.000000397. The van der Waals surface area contributed by atoms with Gasteiger partial charge in [0.25, 0.3) is 0 Å². The maximum atomic E-state index is 5.63. The average molecular weight is 592 g/mol. The number of rotatable bonds is 3. The molecule has 0 bridgehead atoms. The second-order valence-corrected chi connectivity index (χ2v) is 6.90. The Morgan fingerprint density at radius 2 is 1.55 bits per heavy atom. The third-order valence-corrected chi connectivity index (χ3v) is 4.48. The van der Waals surface area contributed by atoms with E-state index in [1.807, 2.05) is 22.6 Å². The van der Waals surface area contributed by atoms with Crippen LogP contribution in [0.3, 0.4) is 0 Å². The fraction of sp³-hybridized carbons (Fsp3) is 0.273. The highest BCUT2D eigenvalue weighted by Crippen LogP contribution is 2.16. The molecule has 22 heavy (non-hydrogen) atoms. The highest BCUT2D eigenvalue weighted by Gasteiger charge is 2.01. The molecule has 0 spiro atoms. The van der Waals surface area contributed by atoms with Crippen LogP contribution in [0.4, 0.5) is 10.5 Å². The van der Waals surface area contributed by atoms with E-state index in [9.17, 15) is 0 Å². The number of anilines is 1. The van der Waals surface area contributed by atoms with Gasteiger partial charge in [0.2, 0.25) is 10.6 Å². The number of halogens is 6. The van der Waals surface area contributed by atoms with Crippen molar-refractivity contribution in [3.8, 4) is 0 Å². The smallest absolute Gasteiger partial charge is 0.224 e. The maximum Gasteiger partial charge on any atom is 0.224 e. The molecular formula is C11H11Cl3FI2N5. The van der Waals surface area contributed by atoms with E-state index >= 15 is 0 Å². The van der Waals surface area contributed by atoms with Crippen LogP contribution < -0.4 is 5.32 Å². The Labute approximate surface area is 169 Å². The zero-order valence-corrected chi connectivity index (χ0v) is 17.7. The van der Waals surface area contributed by atoms with Crippen LogP contribution in [0, 0.1) is 7.14 Å². The highest BCUT2D eigenvalue weighted by molar-refractivity contribution is 14.1. The summed E-state index contributed by atoms with van der Waals surface area (Å²) in [5.41, 5.74) is 0. The van der Waals surface area contributed by atoms with E-state index in [1.54, 1.807) is 12.4 Å². The lowest BCUT2D eigenvalue weighted by Crippen LogP contribution is -2.04. The summed E-state index contributed by atoms with van der Waals surface area (Å²) in [7, 11) is 0. The number of nitrogens with zero attached hydrogens (tertiary/aromatic N) is 4. The van der Waals surface area contributed by atoms with E-state index in [4.69, 9.17) is 34.8 Å². The number of hydrogen-bond acceptors (Lipinski definition) is 5. The Hall–Kier alpha value is 0.220. The van der Waals surface area contributed by atoms with Gasteiger partial charge in [0, 0.05) is 18.9 Å². The molecule has 2 rings (SSSR count). The first-order valence-corrected chi connectivity index (χ1v) is 8.98. The van der Waals surface area contributed by atoms with Crippen molar-refractivity contribution in [2.75, 3.05) is 11.9 Å². The Bertz CT molecular complexity index is 606. The molecule has 2 heterocycles. The molecule has 1 N–H and O–H groups in total. The monoisotopic (exact) mass is 591 g/mol. The largest absolute Gasteiger partial charge is 0.369 e. The molecule has 0 saturated heterocycles. The topological polar surface area (TPSA) is 63.6 Å². The number of hydrogen-bond donors (Lipinski definition) is 1. The lowest BCUT2D eigenvalue weighted by molar-refractivity contribution is 0.962. The van der Waals surface area contributed by atoms with E-state index in [0.717, 1.165) is 25.9 Å². The zero-order chi connectivity index (χ0) is 15.8. The molecule has 2 aromatic rings. The first kappa shape index (κ1) is 22.2. The van der Waals surface area contributed by atoms with E-state index in [1.165, 1.54) is 0 Å². The van der Waals surface area contributed by atoms with Gasteiger partial charge in [0.1, 0.15) is 11.0 Å². The van der Waals surface area contributed by atoms with Crippen molar-refractivity contribution in [3.63, 3.8) is 0 Å². The summed E-state index contributed by atoms with van der Waals surface area (Å²) in [6.45, 7) is 3.01. The van der Waals surface area contributed by atoms with Gasteiger partial charge in [0.05, 0.1) is 7.14 Å². The first-order chi connectivity index (χ1) is 9.93. The molecule has 122 valence electrons. The normalized spacial score (nSPS) is 9.36. The molecule has 0 aliphatic heterocycles. The van der Waals surface area contributed by atoms with E-state index in [0.29, 0.717) is 5.15 Å². The van der Waals surface area contributed by atoms with Gasteiger partial charge in [-0.05, 0) is 74.8 Å². The molecule has 0 aromatic carbocycles. The fourth-order valence-electron chi connectivity index (χ4n) is 1.04. The summed E-state index contributed by atoms with van der Waals surface area (Å²) < 4.78 is 1.80. The summed E-state index contributed by atoms with van der Waals surface area (Å²) in [6.07, 6.45) is 4.34. The van der Waals surface area contributed by atoms with Crippen molar-refractivity contribution < 1.29 is 4.70 Å². The lowest BCUT2D eigenvalue weighted by Gasteiger charge is -2.04. The van der Waals surface area contributed by atoms with Gasteiger partial charge in [-0.3, -0.25) is 4.70 Å². The van der Waals surface area contributed by atoms with Gasteiger partial charge in [-0.15, -0.1) is 0 Å². The van der Waals surface area contributed by atoms with Crippen molar-refractivity contribution >= 4 is 85.8 Å². The quantitative estimate of drug-likeness (QED) is 0.306. The second kappa shape index (κ2) is 11.7.